The summed E-state index contributed by atoms with van der Waals surface area (Å²) in [6.45, 7) is 1.70. The van der Waals surface area contributed by atoms with Gasteiger partial charge >= 0.3 is 0 Å². The Morgan fingerprint density at radius 1 is 1.33 bits per heavy atom. The Morgan fingerprint density at radius 3 is 2.76 bits per heavy atom. The van der Waals surface area contributed by atoms with Gasteiger partial charge in [-0.2, -0.15) is 5.26 Å². The fourth-order valence-corrected chi connectivity index (χ4v) is 2.50. The molecule has 2 rings (SSSR count). The van der Waals surface area contributed by atoms with E-state index in [2.05, 4.69) is 11.1 Å². The van der Waals surface area contributed by atoms with Crippen molar-refractivity contribution in [2.75, 3.05) is 44.3 Å². The first kappa shape index (κ1) is 15.7. The van der Waals surface area contributed by atoms with Crippen LogP contribution in [0.15, 0.2) is 18.3 Å². The Balaban J connectivity index is 2.11. The molecule has 1 aliphatic heterocycles. The zero-order valence-corrected chi connectivity index (χ0v) is 11.8. The highest BCUT2D eigenvalue weighted by Crippen LogP contribution is 2.16. The van der Waals surface area contributed by atoms with Gasteiger partial charge in [-0.05, 0) is 12.1 Å². The van der Waals surface area contributed by atoms with Crippen molar-refractivity contribution in [2.24, 2.45) is 0 Å². The summed E-state index contributed by atoms with van der Waals surface area (Å²) >= 11 is 0. The van der Waals surface area contributed by atoms with Crippen molar-refractivity contribution in [1.82, 2.24) is 9.88 Å². The molecule has 7 heteroatoms. The van der Waals surface area contributed by atoms with Crippen LogP contribution in [-0.2, 0) is 0 Å². The van der Waals surface area contributed by atoms with Crippen LogP contribution in [0, 0.1) is 11.3 Å². The van der Waals surface area contributed by atoms with Gasteiger partial charge in [0.2, 0.25) is 0 Å². The molecule has 0 amide bonds. The van der Waals surface area contributed by atoms with Crippen LogP contribution in [0.4, 0.5) is 5.82 Å². The van der Waals surface area contributed by atoms with E-state index in [0.29, 0.717) is 37.6 Å². The smallest absolute Gasteiger partial charge is 0.129 e. The van der Waals surface area contributed by atoms with Crippen molar-refractivity contribution in [3.8, 4) is 6.07 Å². The summed E-state index contributed by atoms with van der Waals surface area (Å²) < 4.78 is 0. The van der Waals surface area contributed by atoms with E-state index in [-0.39, 0.29) is 19.3 Å². The molecule has 1 saturated heterocycles. The standard InChI is InChI=1S/C14H20N4O3/c15-6-11-1-2-16-14(5-11)18-4-3-17(7-13(21)8-18)12(9-19)10-20/h1-2,5,12-13,19-21H,3-4,7-10H2/t13-/m0/s1. The highest BCUT2D eigenvalue weighted by Gasteiger charge is 2.26. The van der Waals surface area contributed by atoms with Crippen LogP contribution in [0.1, 0.15) is 5.56 Å². The van der Waals surface area contributed by atoms with Gasteiger partial charge in [-0.25, -0.2) is 4.98 Å². The molecule has 0 unspecified atom stereocenters. The number of hydrogen-bond donors (Lipinski definition) is 3. The normalized spacial score (nSPS) is 20.3. The summed E-state index contributed by atoms with van der Waals surface area (Å²) in [5, 5.41) is 37.6. The molecule has 7 nitrogen and oxygen atoms in total. The van der Waals surface area contributed by atoms with E-state index in [1.807, 2.05) is 9.80 Å². The van der Waals surface area contributed by atoms with Crippen molar-refractivity contribution in [3.05, 3.63) is 23.9 Å². The molecule has 21 heavy (non-hydrogen) atoms. The van der Waals surface area contributed by atoms with E-state index < -0.39 is 6.10 Å². The predicted molar refractivity (Wildman–Crippen MR) is 76.7 cm³/mol. The second-order valence-corrected chi connectivity index (χ2v) is 5.13. The molecule has 0 bridgehead atoms. The Labute approximate surface area is 123 Å². The zero-order chi connectivity index (χ0) is 15.2. The fourth-order valence-electron chi connectivity index (χ4n) is 2.50. The van der Waals surface area contributed by atoms with Crippen molar-refractivity contribution >= 4 is 5.82 Å². The lowest BCUT2D eigenvalue weighted by molar-refractivity contribution is 0.0483. The number of aliphatic hydroxyl groups excluding tert-OH is 3. The third-order valence-corrected chi connectivity index (χ3v) is 3.67. The summed E-state index contributed by atoms with van der Waals surface area (Å²) in [6.07, 6.45) is 0.966. The van der Waals surface area contributed by atoms with Gasteiger partial charge in [0.05, 0.1) is 37.0 Å². The molecule has 114 valence electrons. The van der Waals surface area contributed by atoms with Crippen LogP contribution in [-0.4, -0.2) is 76.7 Å². The maximum atomic E-state index is 10.1. The minimum atomic E-state index is -0.611. The first-order chi connectivity index (χ1) is 10.2. The van der Waals surface area contributed by atoms with Gasteiger partial charge < -0.3 is 20.2 Å². The SMILES string of the molecule is N#Cc1ccnc(N2CCN(C(CO)CO)C[C@H](O)C2)c1. The van der Waals surface area contributed by atoms with Gasteiger partial charge in [0, 0.05) is 32.4 Å². The lowest BCUT2D eigenvalue weighted by Gasteiger charge is -2.28. The number of β-amino-alcohol motifs (C(OH)–C–C–N with tert-alkyl or cyclic N) is 1. The molecule has 0 aromatic carbocycles. The van der Waals surface area contributed by atoms with Crippen LogP contribution in [0.3, 0.4) is 0 Å². The Hall–Kier alpha value is -1.72. The molecule has 0 spiro atoms. The third kappa shape index (κ3) is 3.89. The first-order valence-corrected chi connectivity index (χ1v) is 6.93. The minimum Gasteiger partial charge on any atom is -0.395 e. The van der Waals surface area contributed by atoms with E-state index >= 15 is 0 Å². The number of nitriles is 1. The number of aliphatic hydroxyl groups is 3. The van der Waals surface area contributed by atoms with E-state index in [0.717, 1.165) is 0 Å². The zero-order valence-electron chi connectivity index (χ0n) is 11.8. The Morgan fingerprint density at radius 2 is 2.10 bits per heavy atom. The van der Waals surface area contributed by atoms with E-state index in [1.165, 1.54) is 0 Å². The third-order valence-electron chi connectivity index (χ3n) is 3.67. The number of hydrogen-bond acceptors (Lipinski definition) is 7. The van der Waals surface area contributed by atoms with Crippen LogP contribution in [0.5, 0.6) is 0 Å². The van der Waals surface area contributed by atoms with Gasteiger partial charge in [-0.3, -0.25) is 4.90 Å². The van der Waals surface area contributed by atoms with Crippen molar-refractivity contribution in [3.63, 3.8) is 0 Å². The molecular formula is C14H20N4O3. The molecule has 2 heterocycles. The van der Waals surface area contributed by atoms with E-state index in [1.54, 1.807) is 18.3 Å². The van der Waals surface area contributed by atoms with Crippen molar-refractivity contribution in [1.29, 1.82) is 5.26 Å². The molecule has 1 aromatic rings. The number of anilines is 1. The molecule has 0 radical (unpaired) electrons. The second kappa shape index (κ2) is 7.33. The van der Waals surface area contributed by atoms with Crippen molar-refractivity contribution < 1.29 is 15.3 Å². The average molecular weight is 292 g/mol. The van der Waals surface area contributed by atoms with Gasteiger partial charge in [-0.15, -0.1) is 0 Å². The minimum absolute atomic E-state index is 0.147. The molecule has 0 aliphatic carbocycles. The highest BCUT2D eigenvalue weighted by atomic mass is 16.3. The largest absolute Gasteiger partial charge is 0.395 e. The summed E-state index contributed by atoms with van der Waals surface area (Å²) in [6, 6.07) is 5.04. The lowest BCUT2D eigenvalue weighted by atomic mass is 10.2. The molecule has 1 aromatic heterocycles. The monoisotopic (exact) mass is 292 g/mol. The van der Waals surface area contributed by atoms with E-state index in [4.69, 9.17) is 5.26 Å². The van der Waals surface area contributed by atoms with Gasteiger partial charge in [0.15, 0.2) is 0 Å². The van der Waals surface area contributed by atoms with Gasteiger partial charge in [-0.1, -0.05) is 0 Å². The van der Waals surface area contributed by atoms with E-state index in [9.17, 15) is 15.3 Å². The fraction of sp³-hybridized carbons (Fsp3) is 0.571. The topological polar surface area (TPSA) is 104 Å². The van der Waals surface area contributed by atoms with Crippen LogP contribution < -0.4 is 4.90 Å². The number of pyridine rings is 1. The van der Waals surface area contributed by atoms with Gasteiger partial charge in [0.25, 0.3) is 0 Å². The van der Waals surface area contributed by atoms with Crippen LogP contribution in [0.25, 0.3) is 0 Å². The summed E-state index contributed by atoms with van der Waals surface area (Å²) in [4.78, 5) is 8.03. The lowest BCUT2D eigenvalue weighted by Crippen LogP contribution is -2.44. The maximum absolute atomic E-state index is 10.1. The molecule has 1 atom stereocenters. The summed E-state index contributed by atoms with van der Waals surface area (Å²) in [5.41, 5.74) is 0.527. The number of aromatic nitrogens is 1. The predicted octanol–water partition coefficient (Wildman–Crippen LogP) is -1.21. The molecule has 3 N–H and O–H groups in total. The molecule has 1 aliphatic rings. The number of nitrogens with zero attached hydrogens (tertiary/aromatic N) is 4. The van der Waals surface area contributed by atoms with Crippen LogP contribution in [0.2, 0.25) is 0 Å². The second-order valence-electron chi connectivity index (χ2n) is 5.13. The molecular weight excluding hydrogens is 272 g/mol. The van der Waals surface area contributed by atoms with Crippen LogP contribution >= 0.6 is 0 Å². The summed E-state index contributed by atoms with van der Waals surface area (Å²) in [5.74, 6) is 0.652. The van der Waals surface area contributed by atoms with Crippen molar-refractivity contribution in [2.45, 2.75) is 12.1 Å². The number of rotatable bonds is 4. The Bertz CT molecular complexity index is 501. The van der Waals surface area contributed by atoms with Gasteiger partial charge in [0.1, 0.15) is 5.82 Å². The quantitative estimate of drug-likeness (QED) is 0.639. The molecule has 0 saturated carbocycles. The highest BCUT2D eigenvalue weighted by molar-refractivity contribution is 5.45. The Kier molecular flexibility index (Phi) is 5.47. The molecule has 1 fully saturated rings. The average Bonchev–Trinajstić information content (AvgIpc) is 2.70. The maximum Gasteiger partial charge on any atom is 0.129 e. The summed E-state index contributed by atoms with van der Waals surface area (Å²) in [7, 11) is 0. The first-order valence-electron chi connectivity index (χ1n) is 6.93.